The van der Waals surface area contributed by atoms with Gasteiger partial charge in [0.15, 0.2) is 0 Å². The highest BCUT2D eigenvalue weighted by molar-refractivity contribution is 5.89. The van der Waals surface area contributed by atoms with Gasteiger partial charge in [-0.2, -0.15) is 0 Å². The van der Waals surface area contributed by atoms with Gasteiger partial charge in [-0.3, -0.25) is 9.69 Å². The van der Waals surface area contributed by atoms with Crippen LogP contribution in [0.15, 0.2) is 4.42 Å². The molecule has 0 spiro atoms. The summed E-state index contributed by atoms with van der Waals surface area (Å²) in [5.41, 5.74) is 0.949. The minimum atomic E-state index is -0.0363. The van der Waals surface area contributed by atoms with E-state index < -0.39 is 0 Å². The topological polar surface area (TPSA) is 49.6 Å². The molecule has 1 aromatic heterocycles. The summed E-state index contributed by atoms with van der Waals surface area (Å²) in [6.07, 6.45) is 2.05. The van der Waals surface area contributed by atoms with Crippen molar-refractivity contribution in [2.75, 3.05) is 26.2 Å². The van der Waals surface area contributed by atoms with Crippen molar-refractivity contribution in [1.29, 1.82) is 0 Å². The molecule has 0 saturated carbocycles. The zero-order valence-electron chi connectivity index (χ0n) is 13.3. The van der Waals surface area contributed by atoms with E-state index >= 15 is 0 Å². The summed E-state index contributed by atoms with van der Waals surface area (Å²) in [6.45, 7) is 11.0. The number of fused-ring (bicyclic) bond motifs is 1. The fraction of sp³-hybridized carbons (Fsp3) is 0.750. The number of aromatic nitrogens is 1. The van der Waals surface area contributed by atoms with Gasteiger partial charge in [-0.05, 0) is 24.8 Å². The first-order valence-electron chi connectivity index (χ1n) is 8.07. The van der Waals surface area contributed by atoms with Crippen molar-refractivity contribution in [3.63, 3.8) is 0 Å². The summed E-state index contributed by atoms with van der Waals surface area (Å²) in [7, 11) is 0. The van der Waals surface area contributed by atoms with Crippen LogP contribution >= 0.6 is 0 Å². The number of rotatable bonds is 2. The number of carbonyl (C=O) groups is 1. The van der Waals surface area contributed by atoms with Crippen LogP contribution in [0, 0.1) is 11.8 Å². The number of hydrogen-bond donors (Lipinski definition) is 0. The van der Waals surface area contributed by atoms with Gasteiger partial charge in [0.25, 0.3) is 5.89 Å². The average molecular weight is 291 g/mol. The first kappa shape index (κ1) is 14.6. The summed E-state index contributed by atoms with van der Waals surface area (Å²) in [5.74, 6) is 2.27. The molecule has 21 heavy (non-hydrogen) atoms. The van der Waals surface area contributed by atoms with Crippen LogP contribution in [0.1, 0.15) is 49.3 Å². The van der Waals surface area contributed by atoms with Crippen molar-refractivity contribution in [2.45, 2.75) is 40.2 Å². The second-order valence-corrected chi connectivity index (χ2v) is 6.66. The Morgan fingerprint density at radius 3 is 2.71 bits per heavy atom. The minimum absolute atomic E-state index is 0.0363. The number of likely N-dealkylation sites (tertiary alicyclic amines) is 1. The Hall–Kier alpha value is -1.36. The van der Waals surface area contributed by atoms with Gasteiger partial charge in [0.1, 0.15) is 5.76 Å². The normalized spacial score (nSPS) is 26.7. The summed E-state index contributed by atoms with van der Waals surface area (Å²) in [6, 6.07) is 0. The molecule has 116 valence electrons. The molecule has 1 fully saturated rings. The van der Waals surface area contributed by atoms with Crippen LogP contribution in [0.25, 0.3) is 0 Å². The van der Waals surface area contributed by atoms with Crippen molar-refractivity contribution < 1.29 is 9.21 Å². The standard InChI is InChI=1S/C16H25N3O2/c1-4-18-6-5-14-13(10-18)17-15(21-14)16(20)19-8-11(2)7-12(3)9-19/h11-12H,4-10H2,1-3H3. The Morgan fingerprint density at radius 1 is 1.33 bits per heavy atom. The van der Waals surface area contributed by atoms with E-state index in [4.69, 9.17) is 4.42 Å². The monoisotopic (exact) mass is 291 g/mol. The van der Waals surface area contributed by atoms with E-state index in [0.29, 0.717) is 17.7 Å². The van der Waals surface area contributed by atoms with Crippen molar-refractivity contribution in [2.24, 2.45) is 11.8 Å². The highest BCUT2D eigenvalue weighted by atomic mass is 16.4. The van der Waals surface area contributed by atoms with Crippen LogP contribution < -0.4 is 0 Å². The van der Waals surface area contributed by atoms with Gasteiger partial charge in [0, 0.05) is 32.6 Å². The lowest BCUT2D eigenvalue weighted by atomic mass is 9.92. The molecule has 3 rings (SSSR count). The number of nitrogens with zero attached hydrogens (tertiary/aromatic N) is 3. The van der Waals surface area contributed by atoms with Crippen molar-refractivity contribution in [1.82, 2.24) is 14.8 Å². The molecule has 0 aromatic carbocycles. The molecule has 0 radical (unpaired) electrons. The van der Waals surface area contributed by atoms with Crippen LogP contribution in [0.3, 0.4) is 0 Å². The zero-order chi connectivity index (χ0) is 15.0. The van der Waals surface area contributed by atoms with E-state index in [1.807, 2.05) is 4.90 Å². The molecule has 3 heterocycles. The fourth-order valence-electron chi connectivity index (χ4n) is 3.58. The molecule has 1 aromatic rings. The number of amides is 1. The van der Waals surface area contributed by atoms with Crippen molar-refractivity contribution in [3.8, 4) is 0 Å². The Kier molecular flexibility index (Phi) is 4.02. The van der Waals surface area contributed by atoms with Gasteiger partial charge in [0.05, 0.1) is 5.69 Å². The van der Waals surface area contributed by atoms with Gasteiger partial charge in [-0.15, -0.1) is 0 Å². The summed E-state index contributed by atoms with van der Waals surface area (Å²) >= 11 is 0. The first-order chi connectivity index (χ1) is 10.1. The maximum absolute atomic E-state index is 12.6. The summed E-state index contributed by atoms with van der Waals surface area (Å²) in [4.78, 5) is 21.3. The third-order valence-electron chi connectivity index (χ3n) is 4.59. The quantitative estimate of drug-likeness (QED) is 0.838. The Morgan fingerprint density at radius 2 is 2.05 bits per heavy atom. The van der Waals surface area contributed by atoms with Crippen LogP contribution in [0.5, 0.6) is 0 Å². The van der Waals surface area contributed by atoms with Crippen LogP contribution in [0.4, 0.5) is 0 Å². The number of hydrogen-bond acceptors (Lipinski definition) is 4. The van der Waals surface area contributed by atoms with E-state index in [9.17, 15) is 4.79 Å². The Balaban J connectivity index is 1.75. The third-order valence-corrected chi connectivity index (χ3v) is 4.59. The second-order valence-electron chi connectivity index (χ2n) is 6.66. The van der Waals surface area contributed by atoms with E-state index in [1.165, 1.54) is 6.42 Å². The van der Waals surface area contributed by atoms with E-state index in [2.05, 4.69) is 30.7 Å². The second kappa shape index (κ2) is 5.79. The van der Waals surface area contributed by atoms with Crippen LogP contribution in [-0.4, -0.2) is 46.9 Å². The summed E-state index contributed by atoms with van der Waals surface area (Å²) < 4.78 is 5.76. The smallest absolute Gasteiger partial charge is 0.309 e. The lowest BCUT2D eigenvalue weighted by Gasteiger charge is -2.34. The van der Waals surface area contributed by atoms with Gasteiger partial charge < -0.3 is 9.32 Å². The number of piperidine rings is 1. The molecule has 2 aliphatic heterocycles. The minimum Gasteiger partial charge on any atom is -0.437 e. The number of carbonyl (C=O) groups excluding carboxylic acids is 1. The molecule has 5 nitrogen and oxygen atoms in total. The van der Waals surface area contributed by atoms with Gasteiger partial charge in [-0.25, -0.2) is 4.98 Å². The first-order valence-corrected chi connectivity index (χ1v) is 8.07. The molecule has 5 heteroatoms. The lowest BCUT2D eigenvalue weighted by Crippen LogP contribution is -2.42. The van der Waals surface area contributed by atoms with Crippen molar-refractivity contribution >= 4 is 5.91 Å². The highest BCUT2D eigenvalue weighted by Crippen LogP contribution is 2.24. The van der Waals surface area contributed by atoms with E-state index in [0.717, 1.165) is 50.6 Å². The molecule has 1 saturated heterocycles. The van der Waals surface area contributed by atoms with Crippen LogP contribution in [-0.2, 0) is 13.0 Å². The number of oxazole rings is 1. The van der Waals surface area contributed by atoms with Crippen LogP contribution in [0.2, 0.25) is 0 Å². The molecule has 0 bridgehead atoms. The predicted octanol–water partition coefficient (Wildman–Crippen LogP) is 2.17. The number of likely N-dealkylation sites (N-methyl/N-ethyl adjacent to an activating group) is 1. The molecular formula is C16H25N3O2. The summed E-state index contributed by atoms with van der Waals surface area (Å²) in [5, 5.41) is 0. The van der Waals surface area contributed by atoms with Gasteiger partial charge >= 0.3 is 5.91 Å². The van der Waals surface area contributed by atoms with Crippen molar-refractivity contribution in [3.05, 3.63) is 17.3 Å². The molecule has 2 aliphatic rings. The molecule has 0 aliphatic carbocycles. The fourth-order valence-corrected chi connectivity index (χ4v) is 3.58. The Bertz CT molecular complexity index is 516. The average Bonchev–Trinajstić information content (AvgIpc) is 2.88. The molecule has 2 unspecified atom stereocenters. The molecule has 0 N–H and O–H groups in total. The largest absolute Gasteiger partial charge is 0.437 e. The molecular weight excluding hydrogens is 266 g/mol. The maximum atomic E-state index is 12.6. The lowest BCUT2D eigenvalue weighted by molar-refractivity contribution is 0.0581. The third kappa shape index (κ3) is 2.98. The maximum Gasteiger partial charge on any atom is 0.309 e. The predicted molar refractivity (Wildman–Crippen MR) is 80.0 cm³/mol. The van der Waals surface area contributed by atoms with E-state index in [-0.39, 0.29) is 5.91 Å². The van der Waals surface area contributed by atoms with E-state index in [1.54, 1.807) is 0 Å². The Labute approximate surface area is 126 Å². The zero-order valence-corrected chi connectivity index (χ0v) is 13.3. The van der Waals surface area contributed by atoms with Gasteiger partial charge in [-0.1, -0.05) is 20.8 Å². The van der Waals surface area contributed by atoms with Gasteiger partial charge in [0.2, 0.25) is 0 Å². The molecule has 1 amide bonds. The SMILES string of the molecule is CCN1CCc2oc(C(=O)N3CC(C)CC(C)C3)nc2C1. The highest BCUT2D eigenvalue weighted by Gasteiger charge is 2.30. The molecule has 2 atom stereocenters.